The third-order valence-corrected chi connectivity index (χ3v) is 5.32. The molecule has 1 aromatic heterocycles. The molecule has 0 aliphatic carbocycles. The Morgan fingerprint density at radius 3 is 2.85 bits per heavy atom. The smallest absolute Gasteiger partial charge is 0.240 e. The van der Waals surface area contributed by atoms with Crippen LogP contribution in [0.25, 0.3) is 0 Å². The molecule has 0 spiro atoms. The maximum Gasteiger partial charge on any atom is 0.240 e. The predicted octanol–water partition coefficient (Wildman–Crippen LogP) is 2.67. The van der Waals surface area contributed by atoms with Gasteiger partial charge < -0.3 is 4.57 Å². The maximum absolute atomic E-state index is 12.1. The SMILES string of the molecule is O=S(=O)(NCCCn1ccnc1)c1ccc(Cl)c(Br)c1. The Morgan fingerprint density at radius 1 is 1.40 bits per heavy atom. The molecule has 0 atom stereocenters. The predicted molar refractivity (Wildman–Crippen MR) is 81.2 cm³/mol. The summed E-state index contributed by atoms with van der Waals surface area (Å²) in [5.74, 6) is 0. The number of hydrogen-bond donors (Lipinski definition) is 1. The molecule has 0 saturated carbocycles. The lowest BCUT2D eigenvalue weighted by molar-refractivity contribution is 0.570. The van der Waals surface area contributed by atoms with E-state index in [2.05, 4.69) is 25.6 Å². The zero-order chi connectivity index (χ0) is 14.6. The molecular formula is C12H13BrClN3O2S. The highest BCUT2D eigenvalue weighted by molar-refractivity contribution is 9.10. The van der Waals surface area contributed by atoms with E-state index >= 15 is 0 Å². The fourth-order valence-electron chi connectivity index (χ4n) is 1.61. The van der Waals surface area contributed by atoms with Gasteiger partial charge in [-0.15, -0.1) is 0 Å². The number of halogens is 2. The van der Waals surface area contributed by atoms with Crippen molar-refractivity contribution in [2.75, 3.05) is 6.54 Å². The Morgan fingerprint density at radius 2 is 2.20 bits per heavy atom. The van der Waals surface area contributed by atoms with Crippen LogP contribution in [-0.4, -0.2) is 24.5 Å². The molecule has 5 nitrogen and oxygen atoms in total. The van der Waals surface area contributed by atoms with Gasteiger partial charge in [-0.3, -0.25) is 0 Å². The van der Waals surface area contributed by atoms with Crippen molar-refractivity contribution in [1.29, 1.82) is 0 Å². The molecule has 8 heteroatoms. The minimum Gasteiger partial charge on any atom is -0.337 e. The van der Waals surface area contributed by atoms with Gasteiger partial charge in [-0.05, 0) is 40.5 Å². The molecule has 0 fully saturated rings. The van der Waals surface area contributed by atoms with Crippen LogP contribution in [-0.2, 0) is 16.6 Å². The number of rotatable bonds is 6. The lowest BCUT2D eigenvalue weighted by Crippen LogP contribution is -2.25. The highest BCUT2D eigenvalue weighted by atomic mass is 79.9. The molecule has 1 heterocycles. The minimum atomic E-state index is -3.50. The Labute approximate surface area is 131 Å². The van der Waals surface area contributed by atoms with Gasteiger partial charge in [-0.2, -0.15) is 0 Å². The molecule has 108 valence electrons. The van der Waals surface area contributed by atoms with Gasteiger partial charge in [-0.1, -0.05) is 11.6 Å². The second kappa shape index (κ2) is 6.71. The van der Waals surface area contributed by atoms with Gasteiger partial charge in [0.1, 0.15) is 0 Å². The number of benzene rings is 1. The van der Waals surface area contributed by atoms with E-state index in [9.17, 15) is 8.42 Å². The number of hydrogen-bond acceptors (Lipinski definition) is 3. The molecule has 1 N–H and O–H groups in total. The standard InChI is InChI=1S/C12H13BrClN3O2S/c13-11-8-10(2-3-12(11)14)20(18,19)16-4-1-6-17-7-5-15-9-17/h2-3,5,7-9,16H,1,4,6H2. The summed E-state index contributed by atoms with van der Waals surface area (Å²) in [7, 11) is -3.50. The van der Waals surface area contributed by atoms with Crippen molar-refractivity contribution in [2.45, 2.75) is 17.9 Å². The molecule has 0 saturated heterocycles. The molecule has 2 rings (SSSR count). The number of sulfonamides is 1. The Kier molecular flexibility index (Phi) is 5.20. The number of aryl methyl sites for hydroxylation is 1. The highest BCUT2D eigenvalue weighted by Gasteiger charge is 2.14. The summed E-state index contributed by atoms with van der Waals surface area (Å²) in [5, 5.41) is 0.476. The van der Waals surface area contributed by atoms with Gasteiger partial charge in [0.05, 0.1) is 16.2 Å². The van der Waals surface area contributed by atoms with Crippen LogP contribution < -0.4 is 4.72 Å². The van der Waals surface area contributed by atoms with Crippen LogP contribution in [0.1, 0.15) is 6.42 Å². The lowest BCUT2D eigenvalue weighted by Gasteiger charge is -2.08. The molecule has 20 heavy (non-hydrogen) atoms. The van der Waals surface area contributed by atoms with Gasteiger partial charge in [0.2, 0.25) is 10.0 Å². The van der Waals surface area contributed by atoms with E-state index in [0.29, 0.717) is 29.0 Å². The molecule has 1 aromatic carbocycles. The minimum absolute atomic E-state index is 0.191. The van der Waals surface area contributed by atoms with Crippen LogP contribution in [0, 0.1) is 0 Å². The summed E-state index contributed by atoms with van der Waals surface area (Å²) in [6.07, 6.45) is 5.91. The zero-order valence-corrected chi connectivity index (χ0v) is 13.6. The van der Waals surface area contributed by atoms with Gasteiger partial charge in [-0.25, -0.2) is 18.1 Å². The van der Waals surface area contributed by atoms with Gasteiger partial charge in [0.15, 0.2) is 0 Å². The summed E-state index contributed by atoms with van der Waals surface area (Å²) in [6, 6.07) is 4.51. The van der Waals surface area contributed by atoms with Crippen LogP contribution in [0.5, 0.6) is 0 Å². The molecule has 2 aromatic rings. The average Bonchev–Trinajstić information content (AvgIpc) is 2.91. The molecule has 0 amide bonds. The van der Waals surface area contributed by atoms with Crippen LogP contribution in [0.15, 0.2) is 46.3 Å². The van der Waals surface area contributed by atoms with Crippen molar-refractivity contribution in [3.05, 3.63) is 46.4 Å². The van der Waals surface area contributed by atoms with Crippen molar-refractivity contribution in [2.24, 2.45) is 0 Å². The van der Waals surface area contributed by atoms with E-state index in [1.807, 2.05) is 10.8 Å². The first-order valence-electron chi connectivity index (χ1n) is 5.89. The highest BCUT2D eigenvalue weighted by Crippen LogP contribution is 2.25. The summed E-state index contributed by atoms with van der Waals surface area (Å²) >= 11 is 9.06. The van der Waals surface area contributed by atoms with Gasteiger partial charge in [0.25, 0.3) is 0 Å². The number of aromatic nitrogens is 2. The first kappa shape index (κ1) is 15.5. The van der Waals surface area contributed by atoms with E-state index in [1.54, 1.807) is 18.6 Å². The van der Waals surface area contributed by atoms with Crippen molar-refractivity contribution in [3.8, 4) is 0 Å². The Bertz CT molecular complexity index is 674. The third kappa shape index (κ3) is 4.05. The van der Waals surface area contributed by atoms with Crippen molar-refractivity contribution in [1.82, 2.24) is 14.3 Å². The van der Waals surface area contributed by atoms with Gasteiger partial charge >= 0.3 is 0 Å². The second-order valence-electron chi connectivity index (χ2n) is 4.13. The van der Waals surface area contributed by atoms with E-state index < -0.39 is 10.0 Å². The fourth-order valence-corrected chi connectivity index (χ4v) is 3.36. The number of imidazole rings is 1. The lowest BCUT2D eigenvalue weighted by atomic mass is 10.4. The Balaban J connectivity index is 1.92. The molecule has 0 bridgehead atoms. The first-order chi connectivity index (χ1) is 9.49. The summed E-state index contributed by atoms with van der Waals surface area (Å²) in [5.41, 5.74) is 0. The van der Waals surface area contributed by atoms with E-state index in [4.69, 9.17) is 11.6 Å². The summed E-state index contributed by atoms with van der Waals surface area (Å²) < 4.78 is 29.1. The Hall–Kier alpha value is -0.890. The first-order valence-corrected chi connectivity index (χ1v) is 8.55. The molecule has 0 aliphatic heterocycles. The van der Waals surface area contributed by atoms with Crippen LogP contribution in [0.3, 0.4) is 0 Å². The van der Waals surface area contributed by atoms with Crippen LogP contribution in [0.2, 0.25) is 5.02 Å². The second-order valence-corrected chi connectivity index (χ2v) is 7.16. The van der Waals surface area contributed by atoms with Crippen LogP contribution in [0.4, 0.5) is 0 Å². The summed E-state index contributed by atoms with van der Waals surface area (Å²) in [4.78, 5) is 4.11. The summed E-state index contributed by atoms with van der Waals surface area (Å²) in [6.45, 7) is 1.08. The fraction of sp³-hybridized carbons (Fsp3) is 0.250. The topological polar surface area (TPSA) is 64.0 Å². The third-order valence-electron chi connectivity index (χ3n) is 2.65. The van der Waals surface area contributed by atoms with E-state index in [-0.39, 0.29) is 4.90 Å². The number of nitrogens with one attached hydrogen (secondary N) is 1. The molecule has 0 unspecified atom stereocenters. The molecular weight excluding hydrogens is 366 g/mol. The van der Waals surface area contributed by atoms with Crippen LogP contribution >= 0.6 is 27.5 Å². The largest absolute Gasteiger partial charge is 0.337 e. The monoisotopic (exact) mass is 377 g/mol. The van der Waals surface area contributed by atoms with Crippen molar-refractivity contribution < 1.29 is 8.42 Å². The number of nitrogens with zero attached hydrogens (tertiary/aromatic N) is 2. The van der Waals surface area contributed by atoms with E-state index in [1.165, 1.54) is 12.1 Å². The normalized spacial score (nSPS) is 11.7. The quantitative estimate of drug-likeness (QED) is 0.786. The zero-order valence-electron chi connectivity index (χ0n) is 10.5. The van der Waals surface area contributed by atoms with Crippen molar-refractivity contribution in [3.63, 3.8) is 0 Å². The molecule has 0 radical (unpaired) electrons. The molecule has 0 aliphatic rings. The maximum atomic E-state index is 12.1. The average molecular weight is 379 g/mol. The van der Waals surface area contributed by atoms with E-state index in [0.717, 1.165) is 0 Å². The van der Waals surface area contributed by atoms with Gasteiger partial charge in [0, 0.05) is 30.0 Å². The van der Waals surface area contributed by atoms with Crippen molar-refractivity contribution >= 4 is 37.6 Å².